The molecule has 1 atom stereocenters. The van der Waals surface area contributed by atoms with Crippen LogP contribution in [0.25, 0.3) is 0 Å². The molecule has 0 saturated heterocycles. The van der Waals surface area contributed by atoms with Crippen LogP contribution in [0.2, 0.25) is 0 Å². The highest BCUT2D eigenvalue weighted by atomic mass is 19.1. The van der Waals surface area contributed by atoms with E-state index in [2.05, 4.69) is 10.3 Å². The van der Waals surface area contributed by atoms with Crippen LogP contribution < -0.4 is 5.32 Å². The zero-order chi connectivity index (χ0) is 13.7. The van der Waals surface area contributed by atoms with Gasteiger partial charge in [0, 0.05) is 24.0 Å². The van der Waals surface area contributed by atoms with Gasteiger partial charge in [-0.05, 0) is 30.7 Å². The van der Waals surface area contributed by atoms with Crippen LogP contribution in [0.5, 0.6) is 0 Å². The quantitative estimate of drug-likeness (QED) is 0.892. The molecule has 1 aromatic heterocycles. The summed E-state index contributed by atoms with van der Waals surface area (Å²) >= 11 is 0. The Morgan fingerprint density at radius 2 is 2.11 bits per heavy atom. The normalized spacial score (nSPS) is 12.4. The van der Waals surface area contributed by atoms with Crippen LogP contribution in [0, 0.1) is 11.6 Å². The average Bonchev–Trinajstić information content (AvgIpc) is 2.42. The van der Waals surface area contributed by atoms with Gasteiger partial charge in [-0.1, -0.05) is 19.1 Å². The Kier molecular flexibility index (Phi) is 4.58. The van der Waals surface area contributed by atoms with Gasteiger partial charge in [-0.3, -0.25) is 4.98 Å². The maximum absolute atomic E-state index is 13.9. The van der Waals surface area contributed by atoms with Crippen LogP contribution in [0.1, 0.15) is 30.5 Å². The molecule has 2 aromatic rings. The Morgan fingerprint density at radius 1 is 1.26 bits per heavy atom. The summed E-state index contributed by atoms with van der Waals surface area (Å²) in [6.07, 6.45) is 4.29. The lowest BCUT2D eigenvalue weighted by Crippen LogP contribution is -2.24. The first-order valence-electron chi connectivity index (χ1n) is 6.30. The minimum absolute atomic E-state index is 0.311. The second-order valence-corrected chi connectivity index (χ2v) is 4.34. The molecule has 1 heterocycles. The van der Waals surface area contributed by atoms with Crippen molar-refractivity contribution in [2.45, 2.75) is 19.4 Å². The molecule has 19 heavy (non-hydrogen) atoms. The van der Waals surface area contributed by atoms with Gasteiger partial charge in [0.2, 0.25) is 0 Å². The van der Waals surface area contributed by atoms with E-state index < -0.39 is 11.6 Å². The highest BCUT2D eigenvalue weighted by molar-refractivity contribution is 5.31. The maximum atomic E-state index is 13.9. The fourth-order valence-electron chi connectivity index (χ4n) is 1.98. The zero-order valence-corrected chi connectivity index (χ0v) is 10.7. The minimum Gasteiger partial charge on any atom is -0.306 e. The Morgan fingerprint density at radius 3 is 2.74 bits per heavy atom. The van der Waals surface area contributed by atoms with Gasteiger partial charge < -0.3 is 5.32 Å². The Hall–Kier alpha value is -1.81. The van der Waals surface area contributed by atoms with Gasteiger partial charge in [-0.2, -0.15) is 0 Å². The molecule has 0 saturated carbocycles. The number of nitrogens with one attached hydrogen (secondary N) is 1. The number of halogens is 2. The van der Waals surface area contributed by atoms with Gasteiger partial charge in [0.15, 0.2) is 0 Å². The second-order valence-electron chi connectivity index (χ2n) is 4.34. The molecule has 1 aromatic carbocycles. The highest BCUT2D eigenvalue weighted by Gasteiger charge is 2.17. The molecule has 0 bridgehead atoms. The first-order valence-corrected chi connectivity index (χ1v) is 6.30. The molecule has 2 nitrogen and oxygen atoms in total. The Balaban J connectivity index is 2.37. The van der Waals surface area contributed by atoms with E-state index in [1.165, 1.54) is 12.1 Å². The molecule has 0 spiro atoms. The molecule has 0 fully saturated rings. The first-order chi connectivity index (χ1) is 9.22. The van der Waals surface area contributed by atoms with Crippen molar-refractivity contribution in [1.82, 2.24) is 10.3 Å². The van der Waals surface area contributed by atoms with E-state index in [0.29, 0.717) is 5.56 Å². The number of aromatic nitrogens is 1. The molecule has 1 N–H and O–H groups in total. The van der Waals surface area contributed by atoms with Crippen LogP contribution in [0.4, 0.5) is 8.78 Å². The summed E-state index contributed by atoms with van der Waals surface area (Å²) in [5.41, 5.74) is 1.30. The molecular weight excluding hydrogens is 246 g/mol. The van der Waals surface area contributed by atoms with Gasteiger partial charge in [0.05, 0.1) is 6.04 Å². The fraction of sp³-hybridized carbons (Fsp3) is 0.267. The van der Waals surface area contributed by atoms with Crippen LogP contribution in [0.3, 0.4) is 0 Å². The van der Waals surface area contributed by atoms with Gasteiger partial charge in [-0.25, -0.2) is 8.78 Å². The number of nitrogens with zero attached hydrogens (tertiary/aromatic N) is 1. The molecular formula is C15H16F2N2. The molecule has 0 radical (unpaired) electrons. The van der Waals surface area contributed by atoms with E-state index in [4.69, 9.17) is 0 Å². The van der Waals surface area contributed by atoms with Crippen LogP contribution >= 0.6 is 0 Å². The summed E-state index contributed by atoms with van der Waals surface area (Å²) in [4.78, 5) is 4.05. The molecule has 4 heteroatoms. The standard InChI is InChI=1S/C15H16F2N2/c1-2-7-19-15(11-4-3-8-18-10-11)13-6-5-12(16)9-14(13)17/h3-6,8-10,15,19H,2,7H2,1H3/t15-/m1/s1. The van der Waals surface area contributed by atoms with E-state index in [1.807, 2.05) is 13.0 Å². The summed E-state index contributed by atoms with van der Waals surface area (Å²) in [7, 11) is 0. The van der Waals surface area contributed by atoms with Crippen molar-refractivity contribution in [3.05, 3.63) is 65.5 Å². The van der Waals surface area contributed by atoms with Gasteiger partial charge in [0.25, 0.3) is 0 Å². The van der Waals surface area contributed by atoms with E-state index in [1.54, 1.807) is 18.5 Å². The number of hydrogen-bond acceptors (Lipinski definition) is 2. The number of rotatable bonds is 5. The highest BCUT2D eigenvalue weighted by Crippen LogP contribution is 2.24. The fourth-order valence-corrected chi connectivity index (χ4v) is 1.98. The largest absolute Gasteiger partial charge is 0.306 e. The van der Waals surface area contributed by atoms with Crippen molar-refractivity contribution >= 4 is 0 Å². The molecule has 0 aliphatic carbocycles. The first kappa shape index (κ1) is 13.6. The summed E-state index contributed by atoms with van der Waals surface area (Å²) in [6, 6.07) is 7.03. The summed E-state index contributed by atoms with van der Waals surface area (Å²) in [5, 5.41) is 3.26. The molecule has 0 aliphatic heterocycles. The maximum Gasteiger partial charge on any atom is 0.131 e. The smallest absolute Gasteiger partial charge is 0.131 e. The summed E-state index contributed by atoms with van der Waals surface area (Å²) < 4.78 is 26.9. The minimum atomic E-state index is -0.568. The molecule has 100 valence electrons. The Bertz CT molecular complexity index is 529. The lowest BCUT2D eigenvalue weighted by atomic mass is 9.99. The summed E-state index contributed by atoms with van der Waals surface area (Å²) in [5.74, 6) is -1.11. The van der Waals surface area contributed by atoms with Crippen molar-refractivity contribution in [3.63, 3.8) is 0 Å². The zero-order valence-electron chi connectivity index (χ0n) is 10.7. The average molecular weight is 262 g/mol. The molecule has 2 rings (SSSR count). The Labute approximate surface area is 111 Å². The second kappa shape index (κ2) is 6.38. The number of benzene rings is 1. The third-order valence-electron chi connectivity index (χ3n) is 2.89. The van der Waals surface area contributed by atoms with Crippen molar-refractivity contribution in [2.75, 3.05) is 6.54 Å². The van der Waals surface area contributed by atoms with E-state index in [0.717, 1.165) is 24.6 Å². The van der Waals surface area contributed by atoms with Crippen LogP contribution in [-0.4, -0.2) is 11.5 Å². The van der Waals surface area contributed by atoms with Crippen molar-refractivity contribution in [2.24, 2.45) is 0 Å². The molecule has 0 aliphatic rings. The lowest BCUT2D eigenvalue weighted by Gasteiger charge is -2.19. The van der Waals surface area contributed by atoms with Gasteiger partial charge >= 0.3 is 0 Å². The van der Waals surface area contributed by atoms with Crippen molar-refractivity contribution < 1.29 is 8.78 Å². The number of hydrogen-bond donors (Lipinski definition) is 1. The third-order valence-corrected chi connectivity index (χ3v) is 2.89. The third kappa shape index (κ3) is 3.35. The SMILES string of the molecule is CCCN[C@H](c1cccnc1)c1ccc(F)cc1F. The van der Waals surface area contributed by atoms with Crippen LogP contribution in [-0.2, 0) is 0 Å². The van der Waals surface area contributed by atoms with E-state index in [9.17, 15) is 8.78 Å². The predicted molar refractivity (Wildman–Crippen MR) is 70.7 cm³/mol. The van der Waals surface area contributed by atoms with Crippen molar-refractivity contribution in [1.29, 1.82) is 0 Å². The van der Waals surface area contributed by atoms with E-state index >= 15 is 0 Å². The van der Waals surface area contributed by atoms with Crippen molar-refractivity contribution in [3.8, 4) is 0 Å². The molecule has 0 amide bonds. The number of pyridine rings is 1. The molecule has 0 unspecified atom stereocenters. The summed E-state index contributed by atoms with van der Waals surface area (Å²) in [6.45, 7) is 2.78. The van der Waals surface area contributed by atoms with Gasteiger partial charge in [-0.15, -0.1) is 0 Å². The topological polar surface area (TPSA) is 24.9 Å². The van der Waals surface area contributed by atoms with Gasteiger partial charge in [0.1, 0.15) is 11.6 Å². The predicted octanol–water partition coefficient (Wildman–Crippen LogP) is 3.45. The lowest BCUT2D eigenvalue weighted by molar-refractivity contribution is 0.532. The van der Waals surface area contributed by atoms with Crippen LogP contribution in [0.15, 0.2) is 42.7 Å². The monoisotopic (exact) mass is 262 g/mol. The van der Waals surface area contributed by atoms with E-state index in [-0.39, 0.29) is 6.04 Å².